The van der Waals surface area contributed by atoms with Crippen LogP contribution in [0.3, 0.4) is 0 Å². The summed E-state index contributed by atoms with van der Waals surface area (Å²) in [6, 6.07) is 18.1. The second-order valence-electron chi connectivity index (χ2n) is 5.48. The van der Waals surface area contributed by atoms with Crippen molar-refractivity contribution in [2.75, 3.05) is 12.4 Å². The predicted molar refractivity (Wildman–Crippen MR) is 96.4 cm³/mol. The maximum absolute atomic E-state index is 12.2. The number of aromatic nitrogens is 1. The fourth-order valence-corrected chi connectivity index (χ4v) is 2.19. The molecular formula is C20H18N2O3. The second-order valence-corrected chi connectivity index (χ2v) is 5.48. The average molecular weight is 334 g/mol. The summed E-state index contributed by atoms with van der Waals surface area (Å²) in [6.07, 6.45) is 1.56. The lowest BCUT2D eigenvalue weighted by atomic mass is 10.2. The summed E-state index contributed by atoms with van der Waals surface area (Å²) in [4.78, 5) is 16.4. The quantitative estimate of drug-likeness (QED) is 0.749. The fourth-order valence-electron chi connectivity index (χ4n) is 2.19. The Morgan fingerprint density at radius 1 is 0.920 bits per heavy atom. The van der Waals surface area contributed by atoms with Gasteiger partial charge in [0.15, 0.2) is 0 Å². The molecule has 0 atom stereocenters. The lowest BCUT2D eigenvalue weighted by Gasteiger charge is -2.08. The molecule has 5 nitrogen and oxygen atoms in total. The monoisotopic (exact) mass is 334 g/mol. The van der Waals surface area contributed by atoms with Gasteiger partial charge in [0.25, 0.3) is 5.91 Å². The SMILES string of the molecule is COc1ccc(C(=O)Nc2ccc(Oc3ccc(C)cc3)nc2)cc1. The maximum Gasteiger partial charge on any atom is 0.255 e. The lowest BCUT2D eigenvalue weighted by molar-refractivity contribution is 0.102. The van der Waals surface area contributed by atoms with Gasteiger partial charge in [-0.05, 0) is 49.4 Å². The largest absolute Gasteiger partial charge is 0.497 e. The van der Waals surface area contributed by atoms with E-state index >= 15 is 0 Å². The van der Waals surface area contributed by atoms with Gasteiger partial charge in [0.2, 0.25) is 5.88 Å². The van der Waals surface area contributed by atoms with Crippen LogP contribution in [0, 0.1) is 6.92 Å². The van der Waals surface area contributed by atoms with Crippen molar-refractivity contribution in [3.8, 4) is 17.4 Å². The molecule has 0 aliphatic heterocycles. The van der Waals surface area contributed by atoms with Crippen LogP contribution >= 0.6 is 0 Å². The van der Waals surface area contributed by atoms with Crippen LogP contribution in [-0.4, -0.2) is 18.0 Å². The third-order valence-electron chi connectivity index (χ3n) is 3.59. The third-order valence-corrected chi connectivity index (χ3v) is 3.59. The molecule has 0 unspecified atom stereocenters. The molecular weight excluding hydrogens is 316 g/mol. The summed E-state index contributed by atoms with van der Waals surface area (Å²) in [5.41, 5.74) is 2.30. The van der Waals surface area contributed by atoms with E-state index in [0.29, 0.717) is 28.6 Å². The molecule has 2 aromatic carbocycles. The Morgan fingerprint density at radius 2 is 1.60 bits per heavy atom. The van der Waals surface area contributed by atoms with Crippen LogP contribution < -0.4 is 14.8 Å². The Kier molecular flexibility index (Phi) is 4.95. The van der Waals surface area contributed by atoms with Crippen molar-refractivity contribution < 1.29 is 14.3 Å². The minimum Gasteiger partial charge on any atom is -0.497 e. The van der Waals surface area contributed by atoms with E-state index < -0.39 is 0 Å². The number of ether oxygens (including phenoxy) is 2. The Balaban J connectivity index is 1.63. The van der Waals surface area contributed by atoms with Gasteiger partial charge in [-0.3, -0.25) is 4.79 Å². The Hall–Kier alpha value is -3.34. The molecule has 1 amide bonds. The van der Waals surface area contributed by atoms with E-state index in [2.05, 4.69) is 10.3 Å². The smallest absolute Gasteiger partial charge is 0.255 e. The first kappa shape index (κ1) is 16.5. The lowest BCUT2D eigenvalue weighted by Crippen LogP contribution is -2.11. The van der Waals surface area contributed by atoms with Crippen molar-refractivity contribution in [3.05, 3.63) is 78.0 Å². The fraction of sp³-hybridized carbons (Fsp3) is 0.100. The molecule has 0 bridgehead atoms. The second kappa shape index (κ2) is 7.49. The zero-order valence-electron chi connectivity index (χ0n) is 14.0. The topological polar surface area (TPSA) is 60.5 Å². The number of hydrogen-bond donors (Lipinski definition) is 1. The first-order chi connectivity index (χ1) is 12.1. The number of aryl methyl sites for hydroxylation is 1. The molecule has 0 fully saturated rings. The van der Waals surface area contributed by atoms with Crippen LogP contribution in [0.15, 0.2) is 66.9 Å². The normalized spacial score (nSPS) is 10.2. The molecule has 0 saturated carbocycles. The number of nitrogens with zero attached hydrogens (tertiary/aromatic N) is 1. The molecule has 25 heavy (non-hydrogen) atoms. The highest BCUT2D eigenvalue weighted by Crippen LogP contribution is 2.21. The van der Waals surface area contributed by atoms with E-state index in [1.165, 1.54) is 0 Å². The molecule has 5 heteroatoms. The van der Waals surface area contributed by atoms with E-state index in [1.807, 2.05) is 31.2 Å². The van der Waals surface area contributed by atoms with Crippen LogP contribution in [0.4, 0.5) is 5.69 Å². The summed E-state index contributed by atoms with van der Waals surface area (Å²) >= 11 is 0. The van der Waals surface area contributed by atoms with Gasteiger partial charge in [-0.1, -0.05) is 17.7 Å². The minimum atomic E-state index is -0.211. The van der Waals surface area contributed by atoms with Gasteiger partial charge in [0.1, 0.15) is 11.5 Å². The number of carbonyl (C=O) groups excluding carboxylic acids is 1. The van der Waals surface area contributed by atoms with Crippen molar-refractivity contribution in [2.24, 2.45) is 0 Å². The van der Waals surface area contributed by atoms with Crippen molar-refractivity contribution >= 4 is 11.6 Å². The summed E-state index contributed by atoms with van der Waals surface area (Å²) in [5.74, 6) is 1.67. The van der Waals surface area contributed by atoms with Crippen LogP contribution in [0.2, 0.25) is 0 Å². The van der Waals surface area contributed by atoms with Gasteiger partial charge in [-0.2, -0.15) is 0 Å². The van der Waals surface area contributed by atoms with Gasteiger partial charge in [0.05, 0.1) is 19.0 Å². The standard InChI is InChI=1S/C20H18N2O3/c1-14-3-8-18(9-4-14)25-19-12-7-16(13-21-19)22-20(23)15-5-10-17(24-2)11-6-15/h3-13H,1-2H3,(H,22,23). The van der Waals surface area contributed by atoms with Gasteiger partial charge in [0, 0.05) is 11.6 Å². The van der Waals surface area contributed by atoms with Crippen molar-refractivity contribution in [1.82, 2.24) is 4.98 Å². The van der Waals surface area contributed by atoms with Gasteiger partial charge in [-0.25, -0.2) is 4.98 Å². The highest BCUT2D eigenvalue weighted by Gasteiger charge is 2.07. The number of carbonyl (C=O) groups is 1. The van der Waals surface area contributed by atoms with Crippen molar-refractivity contribution in [1.29, 1.82) is 0 Å². The Morgan fingerprint density at radius 3 is 2.20 bits per heavy atom. The van der Waals surface area contributed by atoms with E-state index in [0.717, 1.165) is 5.56 Å². The Bertz CT molecular complexity index is 842. The van der Waals surface area contributed by atoms with Crippen molar-refractivity contribution in [2.45, 2.75) is 6.92 Å². The van der Waals surface area contributed by atoms with Gasteiger partial charge in [-0.15, -0.1) is 0 Å². The number of methoxy groups -OCH3 is 1. The van der Waals surface area contributed by atoms with Crippen LogP contribution in [0.1, 0.15) is 15.9 Å². The van der Waals surface area contributed by atoms with E-state index in [9.17, 15) is 4.79 Å². The number of pyridine rings is 1. The maximum atomic E-state index is 12.2. The molecule has 3 rings (SSSR count). The van der Waals surface area contributed by atoms with Gasteiger partial charge < -0.3 is 14.8 Å². The van der Waals surface area contributed by atoms with Crippen LogP contribution in [0.5, 0.6) is 17.4 Å². The molecule has 0 saturated heterocycles. The Labute approximate surface area is 146 Å². The highest BCUT2D eigenvalue weighted by molar-refractivity contribution is 6.04. The number of benzene rings is 2. The molecule has 1 N–H and O–H groups in total. The summed E-state index contributed by atoms with van der Waals surface area (Å²) in [7, 11) is 1.58. The third kappa shape index (κ3) is 4.35. The molecule has 3 aromatic rings. The van der Waals surface area contributed by atoms with Crippen molar-refractivity contribution in [3.63, 3.8) is 0 Å². The minimum absolute atomic E-state index is 0.211. The van der Waals surface area contributed by atoms with Gasteiger partial charge >= 0.3 is 0 Å². The molecule has 0 radical (unpaired) electrons. The summed E-state index contributed by atoms with van der Waals surface area (Å²) in [6.45, 7) is 2.02. The van der Waals surface area contributed by atoms with E-state index in [1.54, 1.807) is 49.7 Å². The number of anilines is 1. The molecule has 126 valence electrons. The summed E-state index contributed by atoms with van der Waals surface area (Å²) < 4.78 is 10.7. The first-order valence-electron chi connectivity index (χ1n) is 7.80. The number of nitrogens with one attached hydrogen (secondary N) is 1. The zero-order chi connectivity index (χ0) is 17.6. The number of rotatable bonds is 5. The van der Waals surface area contributed by atoms with Crippen LogP contribution in [0.25, 0.3) is 0 Å². The molecule has 0 aliphatic carbocycles. The molecule has 1 aromatic heterocycles. The van der Waals surface area contributed by atoms with E-state index in [-0.39, 0.29) is 5.91 Å². The average Bonchev–Trinajstić information content (AvgIpc) is 2.65. The first-order valence-corrected chi connectivity index (χ1v) is 7.80. The van der Waals surface area contributed by atoms with E-state index in [4.69, 9.17) is 9.47 Å². The zero-order valence-corrected chi connectivity index (χ0v) is 14.0. The molecule has 0 spiro atoms. The number of amides is 1. The van der Waals surface area contributed by atoms with Crippen LogP contribution in [-0.2, 0) is 0 Å². The molecule has 1 heterocycles. The number of hydrogen-bond acceptors (Lipinski definition) is 4. The summed E-state index contributed by atoms with van der Waals surface area (Å²) in [5, 5.41) is 2.80. The highest BCUT2D eigenvalue weighted by atomic mass is 16.5. The molecule has 0 aliphatic rings. The predicted octanol–water partition coefficient (Wildman–Crippen LogP) is 4.44.